The van der Waals surface area contributed by atoms with Crippen LogP contribution in [0.5, 0.6) is 0 Å². The molecule has 1 atom stereocenters. The Kier molecular flexibility index (Phi) is 6.06. The van der Waals surface area contributed by atoms with Gasteiger partial charge in [0.15, 0.2) is 5.76 Å². The number of carbonyl (C=O) groups is 2. The predicted molar refractivity (Wildman–Crippen MR) is 136 cm³/mol. The van der Waals surface area contributed by atoms with Crippen LogP contribution in [0.1, 0.15) is 42.7 Å². The first-order valence-corrected chi connectivity index (χ1v) is 11.8. The van der Waals surface area contributed by atoms with Crippen molar-refractivity contribution in [2.24, 2.45) is 0 Å². The maximum atomic E-state index is 12.6. The maximum absolute atomic E-state index is 12.6. The Morgan fingerprint density at radius 2 is 1.61 bits per heavy atom. The first-order chi connectivity index (χ1) is 17.4. The van der Waals surface area contributed by atoms with Gasteiger partial charge in [-0.1, -0.05) is 84.0 Å². The molecule has 1 saturated carbocycles. The van der Waals surface area contributed by atoms with Crippen LogP contribution in [0.15, 0.2) is 83.4 Å². The van der Waals surface area contributed by atoms with E-state index in [1.165, 1.54) is 0 Å². The Morgan fingerprint density at radius 1 is 0.972 bits per heavy atom. The van der Waals surface area contributed by atoms with E-state index >= 15 is 0 Å². The van der Waals surface area contributed by atoms with E-state index < -0.39 is 23.6 Å². The van der Waals surface area contributed by atoms with Crippen LogP contribution in [-0.2, 0) is 14.9 Å². The smallest absolute Gasteiger partial charge is 0.412 e. The predicted octanol–water partition coefficient (Wildman–Crippen LogP) is 6.74. The summed E-state index contributed by atoms with van der Waals surface area (Å²) in [6.07, 6.45) is 0.258. The number of hydrogen-bond donors (Lipinski definition) is 2. The van der Waals surface area contributed by atoms with Crippen LogP contribution in [0.25, 0.3) is 22.5 Å². The normalized spacial score (nSPS) is 14.6. The minimum Gasteiger partial charge on any atom is -0.481 e. The number of carbonyl (C=O) groups excluding carboxylic acids is 1. The molecule has 1 heterocycles. The van der Waals surface area contributed by atoms with E-state index in [0.29, 0.717) is 30.0 Å². The highest BCUT2D eigenvalue weighted by molar-refractivity contribution is 5.91. The molecule has 0 spiro atoms. The average Bonchev–Trinajstić information content (AvgIpc) is 3.64. The molecule has 7 nitrogen and oxygen atoms in total. The molecule has 0 bridgehead atoms. The van der Waals surface area contributed by atoms with E-state index in [2.05, 4.69) is 10.5 Å². The second-order valence-electron chi connectivity index (χ2n) is 9.07. The Labute approximate surface area is 208 Å². The van der Waals surface area contributed by atoms with Crippen LogP contribution < -0.4 is 5.32 Å². The van der Waals surface area contributed by atoms with Gasteiger partial charge in [0.25, 0.3) is 0 Å². The van der Waals surface area contributed by atoms with Crippen LogP contribution in [-0.4, -0.2) is 22.3 Å². The Balaban J connectivity index is 1.37. The number of carboxylic acid groups (broad SMARTS) is 1. The SMILES string of the molecule is Cc1noc(-c2ccc(-c3ccccc3C3(C(=O)O)CC3)cc2)c1NC(=O)O[C@H](C)c1ccccc1. The summed E-state index contributed by atoms with van der Waals surface area (Å²) in [5.74, 6) is -0.367. The van der Waals surface area contributed by atoms with Crippen molar-refractivity contribution in [1.29, 1.82) is 0 Å². The van der Waals surface area contributed by atoms with Gasteiger partial charge in [0.1, 0.15) is 17.5 Å². The number of benzene rings is 3. The summed E-state index contributed by atoms with van der Waals surface area (Å²) in [7, 11) is 0. The van der Waals surface area contributed by atoms with Gasteiger partial charge in [0, 0.05) is 5.56 Å². The molecule has 36 heavy (non-hydrogen) atoms. The molecule has 1 aliphatic rings. The number of amides is 1. The fourth-order valence-corrected chi connectivity index (χ4v) is 4.47. The van der Waals surface area contributed by atoms with Gasteiger partial charge in [-0.15, -0.1) is 0 Å². The van der Waals surface area contributed by atoms with Crippen LogP contribution >= 0.6 is 0 Å². The standard InChI is InChI=1S/C29H26N2O5/c1-18-25(30-28(34)35-19(2)20-8-4-3-5-9-20)26(36-31-18)22-14-12-21(13-15-22)23-10-6-7-11-24(23)29(16-17-29)27(32)33/h3-15,19H,16-17H2,1-2H3,(H,30,34)(H,32,33)/t19-/m1/s1. The van der Waals surface area contributed by atoms with E-state index in [-0.39, 0.29) is 0 Å². The van der Waals surface area contributed by atoms with Gasteiger partial charge < -0.3 is 14.4 Å². The number of carboxylic acids is 1. The number of nitrogens with zero attached hydrogens (tertiary/aromatic N) is 1. The molecule has 1 fully saturated rings. The van der Waals surface area contributed by atoms with Crippen molar-refractivity contribution in [1.82, 2.24) is 5.16 Å². The van der Waals surface area contributed by atoms with Gasteiger partial charge in [-0.3, -0.25) is 10.1 Å². The zero-order valence-corrected chi connectivity index (χ0v) is 20.0. The summed E-state index contributed by atoms with van der Waals surface area (Å²) in [5, 5.41) is 16.6. The minimum atomic E-state index is -0.800. The lowest BCUT2D eigenvalue weighted by Crippen LogP contribution is -2.20. The van der Waals surface area contributed by atoms with E-state index in [1.807, 2.05) is 85.8 Å². The molecule has 0 unspecified atom stereocenters. The van der Waals surface area contributed by atoms with Crippen molar-refractivity contribution >= 4 is 17.7 Å². The number of hydrogen-bond acceptors (Lipinski definition) is 5. The van der Waals surface area contributed by atoms with Gasteiger partial charge in [0.05, 0.1) is 5.41 Å². The molecule has 4 aromatic rings. The first-order valence-electron chi connectivity index (χ1n) is 11.8. The molecule has 0 aliphatic heterocycles. The second-order valence-corrected chi connectivity index (χ2v) is 9.07. The summed E-state index contributed by atoms with van der Waals surface area (Å²) < 4.78 is 11.1. The Morgan fingerprint density at radius 3 is 2.28 bits per heavy atom. The lowest BCUT2D eigenvalue weighted by molar-refractivity contribution is -0.140. The van der Waals surface area contributed by atoms with E-state index in [0.717, 1.165) is 27.8 Å². The highest BCUT2D eigenvalue weighted by Gasteiger charge is 2.52. The third-order valence-corrected chi connectivity index (χ3v) is 6.70. The largest absolute Gasteiger partial charge is 0.481 e. The third-order valence-electron chi connectivity index (χ3n) is 6.70. The van der Waals surface area contributed by atoms with E-state index in [9.17, 15) is 14.7 Å². The van der Waals surface area contributed by atoms with Crippen molar-refractivity contribution < 1.29 is 24.0 Å². The van der Waals surface area contributed by atoms with Gasteiger partial charge in [-0.25, -0.2) is 4.79 Å². The van der Waals surface area contributed by atoms with Crippen molar-refractivity contribution in [3.8, 4) is 22.5 Å². The highest BCUT2D eigenvalue weighted by atomic mass is 16.6. The quantitative estimate of drug-likeness (QED) is 0.302. The van der Waals surface area contributed by atoms with Gasteiger partial charge >= 0.3 is 12.1 Å². The van der Waals surface area contributed by atoms with Gasteiger partial charge in [-0.2, -0.15) is 0 Å². The number of ether oxygens (including phenoxy) is 1. The fraction of sp³-hybridized carbons (Fsp3) is 0.207. The summed E-state index contributed by atoms with van der Waals surface area (Å²) in [6, 6.07) is 24.7. The summed E-state index contributed by atoms with van der Waals surface area (Å²) in [6.45, 7) is 3.55. The van der Waals surface area contributed by atoms with Crippen molar-refractivity contribution in [2.75, 3.05) is 5.32 Å². The Bertz CT molecular complexity index is 1410. The van der Waals surface area contributed by atoms with E-state index in [4.69, 9.17) is 9.26 Å². The van der Waals surface area contributed by atoms with E-state index in [1.54, 1.807) is 6.92 Å². The van der Waals surface area contributed by atoms with Crippen molar-refractivity contribution in [3.63, 3.8) is 0 Å². The summed E-state index contributed by atoms with van der Waals surface area (Å²) in [4.78, 5) is 24.5. The third kappa shape index (κ3) is 4.35. The number of nitrogens with one attached hydrogen (secondary N) is 1. The van der Waals surface area contributed by atoms with Crippen LogP contribution in [0.2, 0.25) is 0 Å². The van der Waals surface area contributed by atoms with Gasteiger partial charge in [-0.05, 0) is 48.9 Å². The van der Waals surface area contributed by atoms with Crippen LogP contribution in [0.4, 0.5) is 10.5 Å². The number of anilines is 1. The maximum Gasteiger partial charge on any atom is 0.412 e. The second kappa shape index (κ2) is 9.34. The number of aryl methyl sites for hydroxylation is 1. The molecule has 1 aliphatic carbocycles. The summed E-state index contributed by atoms with van der Waals surface area (Å²) in [5.41, 5.74) is 4.42. The lowest BCUT2D eigenvalue weighted by Gasteiger charge is -2.16. The first kappa shape index (κ1) is 23.4. The average molecular weight is 483 g/mol. The van der Waals surface area contributed by atoms with Crippen LogP contribution in [0.3, 0.4) is 0 Å². The Hall–Kier alpha value is -4.39. The molecule has 5 rings (SSSR count). The summed E-state index contributed by atoms with van der Waals surface area (Å²) >= 11 is 0. The molecule has 7 heteroatoms. The highest BCUT2D eigenvalue weighted by Crippen LogP contribution is 2.51. The zero-order chi connectivity index (χ0) is 25.3. The zero-order valence-electron chi connectivity index (χ0n) is 20.0. The number of aromatic nitrogens is 1. The molecule has 182 valence electrons. The molecule has 0 radical (unpaired) electrons. The van der Waals surface area contributed by atoms with Gasteiger partial charge in [0.2, 0.25) is 0 Å². The topological polar surface area (TPSA) is 102 Å². The van der Waals surface area contributed by atoms with Crippen LogP contribution in [0, 0.1) is 6.92 Å². The fourth-order valence-electron chi connectivity index (χ4n) is 4.47. The van der Waals surface area contributed by atoms with Crippen molar-refractivity contribution in [3.05, 3.63) is 95.7 Å². The molecular formula is C29H26N2O5. The number of rotatable bonds is 7. The lowest BCUT2D eigenvalue weighted by atomic mass is 9.88. The molecular weight excluding hydrogens is 456 g/mol. The molecule has 2 N–H and O–H groups in total. The van der Waals surface area contributed by atoms with Crippen molar-refractivity contribution in [2.45, 2.75) is 38.2 Å². The molecule has 1 amide bonds. The molecule has 3 aromatic carbocycles. The molecule has 1 aromatic heterocycles. The monoisotopic (exact) mass is 482 g/mol. The number of aliphatic carboxylic acids is 1. The molecule has 0 saturated heterocycles. The minimum absolute atomic E-state index is 0.417.